The van der Waals surface area contributed by atoms with Crippen LogP contribution < -0.4 is 14.9 Å². The van der Waals surface area contributed by atoms with E-state index in [1.807, 2.05) is 37.4 Å². The molecule has 11 nitrogen and oxygen atoms in total. The molecular weight excluding hydrogens is 501 g/mol. The summed E-state index contributed by atoms with van der Waals surface area (Å²) in [5.74, 6) is -0.430. The zero-order valence-electron chi connectivity index (χ0n) is 21.6. The van der Waals surface area contributed by atoms with Crippen molar-refractivity contribution in [2.24, 2.45) is 0 Å². The monoisotopic (exact) mass is 537 g/mol. The second-order valence-corrected chi connectivity index (χ2v) is 8.88. The molecule has 37 heavy (non-hydrogen) atoms. The van der Waals surface area contributed by atoms with Gasteiger partial charge in [0, 0.05) is 32.9 Å². The lowest BCUT2D eigenvalue weighted by Crippen LogP contribution is -2.35. The highest BCUT2D eigenvalue weighted by atomic mass is 31.2. The number of ether oxygens (including phenoxy) is 3. The Balaban J connectivity index is 2.80. The second kappa shape index (κ2) is 19.0. The maximum absolute atomic E-state index is 12.3. The summed E-state index contributed by atoms with van der Waals surface area (Å²) in [6.45, 7) is 3.90. The molecule has 204 valence electrons. The Labute approximate surface area is 219 Å². The lowest BCUT2D eigenvalue weighted by Gasteiger charge is -2.28. The number of hydrogen-bond donors (Lipinski definition) is 2. The van der Waals surface area contributed by atoms with Gasteiger partial charge in [-0.3, -0.25) is 19.7 Å². The third-order valence-corrected chi connectivity index (χ3v) is 6.17. The van der Waals surface area contributed by atoms with Crippen LogP contribution in [0.2, 0.25) is 0 Å². The molecule has 2 amide bonds. The Kier molecular flexibility index (Phi) is 16.4. The van der Waals surface area contributed by atoms with Gasteiger partial charge in [-0.25, -0.2) is 5.09 Å². The van der Waals surface area contributed by atoms with E-state index >= 15 is 0 Å². The summed E-state index contributed by atoms with van der Waals surface area (Å²) in [5.41, 5.74) is 0. The molecule has 0 aliphatic heterocycles. The molecule has 3 unspecified atom stereocenters. The largest absolute Gasteiger partial charge is 0.461 e. The molecule has 0 radical (unpaired) electrons. The number of carbonyl (C=O) groups is 3. The predicted molar refractivity (Wildman–Crippen MR) is 139 cm³/mol. The number of hydrogen-bond acceptors (Lipinski definition) is 10. The molecule has 0 heterocycles. The summed E-state index contributed by atoms with van der Waals surface area (Å²) in [7, 11) is 1.43. The first-order valence-corrected chi connectivity index (χ1v) is 12.9. The van der Waals surface area contributed by atoms with Crippen LogP contribution >= 0.6 is 8.53 Å². The van der Waals surface area contributed by atoms with E-state index in [9.17, 15) is 14.4 Å². The SMILES string of the molecule is C#COC(CC(COP(NCC(=O)OC(CC)CC)Oc1ccccc1)OC)N(C)/C=C\C(=O)NC=O. The number of nitrogens with zero attached hydrogens (tertiary/aromatic N) is 1. The van der Waals surface area contributed by atoms with Crippen LogP contribution in [0.4, 0.5) is 0 Å². The summed E-state index contributed by atoms with van der Waals surface area (Å²) < 4.78 is 28.2. The molecule has 2 N–H and O–H groups in total. The van der Waals surface area contributed by atoms with Gasteiger partial charge >= 0.3 is 14.5 Å². The van der Waals surface area contributed by atoms with Crippen LogP contribution in [0.3, 0.4) is 0 Å². The zero-order chi connectivity index (χ0) is 27.5. The van der Waals surface area contributed by atoms with Crippen molar-refractivity contribution in [1.29, 1.82) is 0 Å². The minimum atomic E-state index is -1.73. The Hall–Kier alpha value is -3.16. The zero-order valence-corrected chi connectivity index (χ0v) is 22.5. The Morgan fingerprint density at radius 3 is 2.49 bits per heavy atom. The minimum Gasteiger partial charge on any atom is -0.461 e. The van der Waals surface area contributed by atoms with Gasteiger partial charge in [-0.15, -0.1) is 0 Å². The molecule has 12 heteroatoms. The molecule has 0 saturated carbocycles. The number of esters is 1. The van der Waals surface area contributed by atoms with E-state index in [1.54, 1.807) is 24.1 Å². The smallest absolute Gasteiger partial charge is 0.320 e. The van der Waals surface area contributed by atoms with Crippen molar-refractivity contribution in [2.75, 3.05) is 27.3 Å². The number of rotatable bonds is 19. The van der Waals surface area contributed by atoms with Crippen molar-refractivity contribution < 1.29 is 37.6 Å². The molecule has 1 rings (SSSR count). The third-order valence-electron chi connectivity index (χ3n) is 4.99. The average molecular weight is 538 g/mol. The molecule has 0 fully saturated rings. The molecule has 1 aromatic rings. The van der Waals surface area contributed by atoms with Crippen LogP contribution in [0.15, 0.2) is 42.6 Å². The maximum atomic E-state index is 12.3. The first-order valence-electron chi connectivity index (χ1n) is 11.7. The fourth-order valence-electron chi connectivity index (χ4n) is 2.86. The van der Waals surface area contributed by atoms with Gasteiger partial charge in [-0.1, -0.05) is 38.5 Å². The average Bonchev–Trinajstić information content (AvgIpc) is 2.91. The normalized spacial score (nSPS) is 13.3. The highest BCUT2D eigenvalue weighted by molar-refractivity contribution is 7.45. The van der Waals surface area contributed by atoms with Gasteiger partial charge in [0.1, 0.15) is 24.5 Å². The Morgan fingerprint density at radius 1 is 1.19 bits per heavy atom. The Bertz CT molecular complexity index is 876. The number of para-hydroxylation sites is 1. The topological polar surface area (TPSA) is 125 Å². The maximum Gasteiger partial charge on any atom is 0.320 e. The predicted octanol–water partition coefficient (Wildman–Crippen LogP) is 2.69. The van der Waals surface area contributed by atoms with Crippen LogP contribution in [0.1, 0.15) is 33.1 Å². The third kappa shape index (κ3) is 13.6. The van der Waals surface area contributed by atoms with Crippen LogP contribution in [0.25, 0.3) is 0 Å². The Morgan fingerprint density at radius 2 is 1.89 bits per heavy atom. The number of terminal acetylenes is 1. The molecule has 3 atom stereocenters. The van der Waals surface area contributed by atoms with Gasteiger partial charge in [0.2, 0.25) is 6.41 Å². The summed E-state index contributed by atoms with van der Waals surface area (Å²) in [6, 6.07) is 9.05. The molecular formula is C25H36N3O8P. The van der Waals surface area contributed by atoms with E-state index in [-0.39, 0.29) is 32.1 Å². The van der Waals surface area contributed by atoms with E-state index in [0.717, 1.165) is 18.9 Å². The van der Waals surface area contributed by atoms with E-state index in [4.69, 9.17) is 29.7 Å². The van der Waals surface area contributed by atoms with Crippen molar-refractivity contribution in [2.45, 2.75) is 51.5 Å². The first kappa shape index (κ1) is 31.9. The summed E-state index contributed by atoms with van der Waals surface area (Å²) >= 11 is 0. The number of methoxy groups -OCH3 is 1. The molecule has 0 aliphatic carbocycles. The first-order chi connectivity index (χ1) is 17.9. The van der Waals surface area contributed by atoms with E-state index in [1.165, 1.54) is 13.3 Å². The van der Waals surface area contributed by atoms with Crippen molar-refractivity contribution in [3.8, 4) is 18.3 Å². The molecule has 0 saturated heterocycles. The van der Waals surface area contributed by atoms with Gasteiger partial charge in [-0.2, -0.15) is 0 Å². The fourth-order valence-corrected chi connectivity index (χ4v) is 3.95. The van der Waals surface area contributed by atoms with Gasteiger partial charge in [0.05, 0.1) is 12.7 Å². The van der Waals surface area contributed by atoms with E-state index in [2.05, 4.69) is 11.2 Å². The molecule has 0 aliphatic rings. The minimum absolute atomic E-state index is 0.0806. The van der Waals surface area contributed by atoms with Gasteiger partial charge in [-0.05, 0) is 25.0 Å². The lowest BCUT2D eigenvalue weighted by molar-refractivity contribution is -0.148. The van der Waals surface area contributed by atoms with E-state index < -0.39 is 32.7 Å². The molecule has 0 aromatic heterocycles. The molecule has 0 bridgehead atoms. The van der Waals surface area contributed by atoms with Gasteiger partial charge in [0.15, 0.2) is 6.23 Å². The van der Waals surface area contributed by atoms with Gasteiger partial charge in [0.25, 0.3) is 5.91 Å². The molecule has 0 spiro atoms. The molecule has 1 aromatic carbocycles. The number of carbonyl (C=O) groups excluding carboxylic acids is 3. The summed E-state index contributed by atoms with van der Waals surface area (Å²) in [6.07, 6.45) is 10.8. The number of nitrogens with one attached hydrogen (secondary N) is 2. The number of benzene rings is 1. The fraction of sp³-hybridized carbons (Fsp3) is 0.480. The highest BCUT2D eigenvalue weighted by Crippen LogP contribution is 2.35. The lowest BCUT2D eigenvalue weighted by atomic mass is 10.2. The van der Waals surface area contributed by atoms with E-state index in [0.29, 0.717) is 5.75 Å². The van der Waals surface area contributed by atoms with Gasteiger partial charge < -0.3 is 28.2 Å². The van der Waals surface area contributed by atoms with Crippen LogP contribution in [0, 0.1) is 12.5 Å². The van der Waals surface area contributed by atoms with Crippen LogP contribution in [-0.4, -0.2) is 68.9 Å². The summed E-state index contributed by atoms with van der Waals surface area (Å²) in [5, 5.41) is 4.98. The standard InChI is InChI=1S/C25H36N3O8P/c1-6-20(7-2)35-25(31)17-27-37(36-21-12-10-9-11-13-21)34-18-22(32-5)16-24(33-8-3)28(4)15-14-23(30)26-19-29/h3,9-15,19-20,22,24,27H,6-7,16-18H2,1-2,4-5H3,(H,26,29,30)/b15-14-. The van der Waals surface area contributed by atoms with Crippen molar-refractivity contribution in [3.63, 3.8) is 0 Å². The van der Waals surface area contributed by atoms with Crippen molar-refractivity contribution >= 4 is 26.8 Å². The second-order valence-electron chi connectivity index (χ2n) is 7.61. The van der Waals surface area contributed by atoms with Crippen LogP contribution in [0.5, 0.6) is 5.75 Å². The van der Waals surface area contributed by atoms with Crippen molar-refractivity contribution in [3.05, 3.63) is 42.6 Å². The highest BCUT2D eigenvalue weighted by Gasteiger charge is 2.24. The van der Waals surface area contributed by atoms with Crippen molar-refractivity contribution in [1.82, 2.24) is 15.3 Å². The quantitative estimate of drug-likeness (QED) is 0.0680. The number of amides is 2. The number of imide groups is 1. The van der Waals surface area contributed by atoms with Crippen LogP contribution in [-0.2, 0) is 33.1 Å². The summed E-state index contributed by atoms with van der Waals surface area (Å²) in [4.78, 5) is 35.7.